The molecule has 0 spiro atoms. The first-order valence-electron chi connectivity index (χ1n) is 7.44. The van der Waals surface area contributed by atoms with Crippen molar-refractivity contribution in [1.82, 2.24) is 9.78 Å². The highest BCUT2D eigenvalue weighted by Crippen LogP contribution is 2.31. The van der Waals surface area contributed by atoms with Crippen LogP contribution in [0.1, 0.15) is 31.7 Å². The van der Waals surface area contributed by atoms with Gasteiger partial charge in [0.1, 0.15) is 11.6 Å². The summed E-state index contributed by atoms with van der Waals surface area (Å²) in [4.78, 5) is 12.9. The molecule has 1 aliphatic rings. The number of amides is 1. The molecule has 6 heteroatoms. The topological polar surface area (TPSA) is 46.9 Å². The molecule has 0 atom stereocenters. The Balaban J connectivity index is 1.55. The van der Waals surface area contributed by atoms with Gasteiger partial charge in [-0.15, -0.1) is 11.8 Å². The van der Waals surface area contributed by atoms with Crippen LogP contribution in [0.15, 0.2) is 41.4 Å². The Morgan fingerprint density at radius 1 is 1.27 bits per heavy atom. The smallest absolute Gasteiger partial charge is 0.235 e. The Kier molecular flexibility index (Phi) is 4.77. The van der Waals surface area contributed by atoms with Crippen LogP contribution in [0.4, 0.5) is 10.2 Å². The predicted molar refractivity (Wildman–Crippen MR) is 85.5 cm³/mol. The maximum absolute atomic E-state index is 12.8. The molecule has 0 bridgehead atoms. The zero-order valence-corrected chi connectivity index (χ0v) is 13.0. The number of hydrogen-bond acceptors (Lipinski definition) is 3. The van der Waals surface area contributed by atoms with Gasteiger partial charge in [-0.05, 0) is 37.1 Å². The summed E-state index contributed by atoms with van der Waals surface area (Å²) in [6.45, 7) is 0. The van der Waals surface area contributed by atoms with Gasteiger partial charge in [-0.2, -0.15) is 5.10 Å². The summed E-state index contributed by atoms with van der Waals surface area (Å²) in [5.41, 5.74) is 0. The number of thioether (sulfide) groups is 1. The van der Waals surface area contributed by atoms with Crippen molar-refractivity contribution < 1.29 is 9.18 Å². The van der Waals surface area contributed by atoms with Crippen LogP contribution in [0.2, 0.25) is 0 Å². The van der Waals surface area contributed by atoms with Gasteiger partial charge in [-0.25, -0.2) is 9.07 Å². The lowest BCUT2D eigenvalue weighted by Crippen LogP contribution is -2.19. The fraction of sp³-hybridized carbons (Fsp3) is 0.375. The van der Waals surface area contributed by atoms with Crippen molar-refractivity contribution in [3.8, 4) is 0 Å². The van der Waals surface area contributed by atoms with Gasteiger partial charge in [0.2, 0.25) is 5.91 Å². The summed E-state index contributed by atoms with van der Waals surface area (Å²) in [5.74, 6) is 0.710. The van der Waals surface area contributed by atoms with Crippen molar-refractivity contribution in [2.75, 3.05) is 11.1 Å². The van der Waals surface area contributed by atoms with Crippen molar-refractivity contribution in [2.45, 2.75) is 36.6 Å². The largest absolute Gasteiger partial charge is 0.310 e. The highest BCUT2D eigenvalue weighted by molar-refractivity contribution is 8.00. The van der Waals surface area contributed by atoms with Crippen molar-refractivity contribution in [3.63, 3.8) is 0 Å². The first-order chi connectivity index (χ1) is 10.7. The van der Waals surface area contributed by atoms with E-state index >= 15 is 0 Å². The molecule has 1 saturated carbocycles. The number of halogens is 1. The monoisotopic (exact) mass is 319 g/mol. The summed E-state index contributed by atoms with van der Waals surface area (Å²) < 4.78 is 14.8. The summed E-state index contributed by atoms with van der Waals surface area (Å²) in [7, 11) is 0. The Hall–Kier alpha value is -1.82. The standard InChI is InChI=1S/C16H18FN3OS/c17-12-5-7-14(8-6-12)22-11-16(21)19-15-9-10-18-20(15)13-3-1-2-4-13/h5-10,13H,1-4,11H2,(H,19,21). The summed E-state index contributed by atoms with van der Waals surface area (Å²) in [6, 6.07) is 8.38. The summed E-state index contributed by atoms with van der Waals surface area (Å²) in [5, 5.41) is 7.25. The number of carbonyl (C=O) groups excluding carboxylic acids is 1. The lowest BCUT2D eigenvalue weighted by atomic mass is 10.2. The second-order valence-electron chi connectivity index (χ2n) is 5.39. The molecular weight excluding hydrogens is 301 g/mol. The lowest BCUT2D eigenvalue weighted by Gasteiger charge is -2.14. The number of aromatic nitrogens is 2. The molecule has 0 aliphatic heterocycles. The molecule has 1 aromatic heterocycles. The zero-order chi connectivity index (χ0) is 15.4. The van der Waals surface area contributed by atoms with E-state index in [0.717, 1.165) is 23.6 Å². The van der Waals surface area contributed by atoms with Crippen LogP contribution in [-0.2, 0) is 4.79 Å². The van der Waals surface area contributed by atoms with Crippen LogP contribution in [-0.4, -0.2) is 21.4 Å². The highest BCUT2D eigenvalue weighted by atomic mass is 32.2. The van der Waals surface area contributed by atoms with Crippen molar-refractivity contribution in [3.05, 3.63) is 42.3 Å². The Morgan fingerprint density at radius 3 is 2.73 bits per heavy atom. The van der Waals surface area contributed by atoms with E-state index in [1.807, 2.05) is 10.7 Å². The van der Waals surface area contributed by atoms with E-state index in [1.165, 1.54) is 36.7 Å². The van der Waals surface area contributed by atoms with E-state index in [4.69, 9.17) is 0 Å². The molecule has 1 N–H and O–H groups in total. The minimum Gasteiger partial charge on any atom is -0.310 e. The van der Waals surface area contributed by atoms with Gasteiger partial charge >= 0.3 is 0 Å². The van der Waals surface area contributed by atoms with Crippen LogP contribution in [0.25, 0.3) is 0 Å². The number of rotatable bonds is 5. The molecule has 1 fully saturated rings. The van der Waals surface area contributed by atoms with Gasteiger partial charge in [0, 0.05) is 11.0 Å². The Labute approximate surface area is 133 Å². The average molecular weight is 319 g/mol. The first kappa shape index (κ1) is 15.1. The molecular formula is C16H18FN3OS. The Bertz CT molecular complexity index is 635. The maximum Gasteiger partial charge on any atom is 0.235 e. The summed E-state index contributed by atoms with van der Waals surface area (Å²) in [6.07, 6.45) is 6.40. The van der Waals surface area contributed by atoms with Crippen LogP contribution >= 0.6 is 11.8 Å². The molecule has 1 aliphatic carbocycles. The number of benzene rings is 1. The second kappa shape index (κ2) is 6.96. The van der Waals surface area contributed by atoms with Crippen molar-refractivity contribution >= 4 is 23.5 Å². The van der Waals surface area contributed by atoms with Crippen molar-refractivity contribution in [1.29, 1.82) is 0 Å². The van der Waals surface area contributed by atoms with Crippen LogP contribution < -0.4 is 5.32 Å². The fourth-order valence-electron chi connectivity index (χ4n) is 2.71. The number of nitrogens with one attached hydrogen (secondary N) is 1. The molecule has 116 valence electrons. The molecule has 22 heavy (non-hydrogen) atoms. The first-order valence-corrected chi connectivity index (χ1v) is 8.42. The SMILES string of the molecule is O=C(CSc1ccc(F)cc1)Nc1ccnn1C1CCCC1. The lowest BCUT2D eigenvalue weighted by molar-refractivity contribution is -0.113. The third-order valence-corrected chi connectivity index (χ3v) is 4.80. The van der Waals surface area contributed by atoms with E-state index in [0.29, 0.717) is 11.8 Å². The normalized spacial score (nSPS) is 15.1. The molecule has 1 amide bonds. The van der Waals surface area contributed by atoms with Crippen LogP contribution in [0.3, 0.4) is 0 Å². The third-order valence-electron chi connectivity index (χ3n) is 3.79. The Morgan fingerprint density at radius 2 is 2.00 bits per heavy atom. The quantitative estimate of drug-likeness (QED) is 0.851. The number of hydrogen-bond donors (Lipinski definition) is 1. The minimum atomic E-state index is -0.269. The van der Waals surface area contributed by atoms with Gasteiger partial charge in [0.25, 0.3) is 0 Å². The molecule has 0 saturated heterocycles. The molecule has 0 unspecified atom stereocenters. The number of carbonyl (C=O) groups is 1. The number of anilines is 1. The second-order valence-corrected chi connectivity index (χ2v) is 6.44. The van der Waals surface area contributed by atoms with E-state index < -0.39 is 0 Å². The highest BCUT2D eigenvalue weighted by Gasteiger charge is 2.20. The van der Waals surface area contributed by atoms with Gasteiger partial charge in [-0.3, -0.25) is 4.79 Å². The number of nitrogens with zero attached hydrogens (tertiary/aromatic N) is 2. The fourth-order valence-corrected chi connectivity index (χ4v) is 3.41. The van der Waals surface area contributed by atoms with Gasteiger partial charge in [0.15, 0.2) is 0 Å². The molecule has 1 heterocycles. The maximum atomic E-state index is 12.8. The van der Waals surface area contributed by atoms with Gasteiger partial charge < -0.3 is 5.32 Å². The van der Waals surface area contributed by atoms with E-state index in [1.54, 1.807) is 18.3 Å². The molecule has 0 radical (unpaired) electrons. The van der Waals surface area contributed by atoms with Crippen molar-refractivity contribution in [2.24, 2.45) is 0 Å². The van der Waals surface area contributed by atoms with Crippen LogP contribution in [0, 0.1) is 5.82 Å². The molecule has 3 rings (SSSR count). The average Bonchev–Trinajstić information content (AvgIpc) is 3.17. The third kappa shape index (κ3) is 3.68. The van der Waals surface area contributed by atoms with Crippen LogP contribution in [0.5, 0.6) is 0 Å². The van der Waals surface area contributed by atoms with E-state index in [2.05, 4.69) is 10.4 Å². The molecule has 2 aromatic rings. The molecule has 1 aromatic carbocycles. The van der Waals surface area contributed by atoms with Gasteiger partial charge in [0.05, 0.1) is 18.0 Å². The minimum absolute atomic E-state index is 0.0749. The van der Waals surface area contributed by atoms with E-state index in [9.17, 15) is 9.18 Å². The van der Waals surface area contributed by atoms with E-state index in [-0.39, 0.29) is 11.7 Å². The predicted octanol–water partition coefficient (Wildman–Crippen LogP) is 3.87. The van der Waals surface area contributed by atoms with Gasteiger partial charge in [-0.1, -0.05) is 12.8 Å². The molecule has 4 nitrogen and oxygen atoms in total. The summed E-state index contributed by atoms with van der Waals surface area (Å²) >= 11 is 1.39. The zero-order valence-electron chi connectivity index (χ0n) is 12.2.